The molecule has 6 heteroatoms. The molecule has 1 saturated heterocycles. The van der Waals surface area contributed by atoms with E-state index in [0.29, 0.717) is 11.1 Å². The molecule has 0 saturated carbocycles. The molecule has 20 heavy (non-hydrogen) atoms. The molecule has 0 aliphatic carbocycles. The summed E-state index contributed by atoms with van der Waals surface area (Å²) in [6.07, 6.45) is 2.64. The summed E-state index contributed by atoms with van der Waals surface area (Å²) in [7, 11) is 0. The Morgan fingerprint density at radius 1 is 1.50 bits per heavy atom. The lowest BCUT2D eigenvalue weighted by molar-refractivity contribution is -0.104. The number of pyridine rings is 1. The fourth-order valence-electron chi connectivity index (χ4n) is 2.19. The van der Waals surface area contributed by atoms with Gasteiger partial charge in [0.1, 0.15) is 11.2 Å². The number of ether oxygens (including phenoxy) is 1. The number of β-amino-alcohol motifs (C(OH)–C–C–N with tert-alkyl or cyclic N) is 1. The third-order valence-electron chi connectivity index (χ3n) is 3.14. The van der Waals surface area contributed by atoms with Gasteiger partial charge in [-0.05, 0) is 32.4 Å². The van der Waals surface area contributed by atoms with Gasteiger partial charge in [-0.2, -0.15) is 0 Å². The van der Waals surface area contributed by atoms with Crippen molar-refractivity contribution >= 4 is 6.09 Å². The van der Waals surface area contributed by atoms with Crippen molar-refractivity contribution in [2.45, 2.75) is 38.6 Å². The topological polar surface area (TPSA) is 82.9 Å². The summed E-state index contributed by atoms with van der Waals surface area (Å²) in [4.78, 5) is 17.2. The average Bonchev–Trinajstić information content (AvgIpc) is 2.32. The minimum absolute atomic E-state index is 0.139. The number of carbonyl (C=O) groups excluding carboxylic acids is 1. The maximum Gasteiger partial charge on any atom is 0.410 e. The standard InChI is InChI=1S/C14H20N2O4/c1-13(2,3)20-12(18)16-8-14(19,9-16)11-6-15-5-4-10(11)7-17/h4-6,17,19H,7-9H2,1-3H3. The lowest BCUT2D eigenvalue weighted by Gasteiger charge is -2.46. The van der Waals surface area contributed by atoms with Crippen LogP contribution in [0.5, 0.6) is 0 Å². The number of amides is 1. The molecule has 0 radical (unpaired) electrons. The molecular weight excluding hydrogens is 260 g/mol. The van der Waals surface area contributed by atoms with Gasteiger partial charge in [-0.15, -0.1) is 0 Å². The number of aliphatic hydroxyl groups excluding tert-OH is 1. The van der Waals surface area contributed by atoms with Gasteiger partial charge in [0.2, 0.25) is 0 Å². The van der Waals surface area contributed by atoms with Crippen molar-refractivity contribution in [3.63, 3.8) is 0 Å². The minimum Gasteiger partial charge on any atom is -0.444 e. The fourth-order valence-corrected chi connectivity index (χ4v) is 2.19. The summed E-state index contributed by atoms with van der Waals surface area (Å²) < 4.78 is 5.24. The van der Waals surface area contributed by atoms with Gasteiger partial charge in [-0.1, -0.05) is 0 Å². The fraction of sp³-hybridized carbons (Fsp3) is 0.571. The second kappa shape index (κ2) is 5.03. The molecule has 0 spiro atoms. The maximum atomic E-state index is 11.8. The second-order valence-corrected chi connectivity index (χ2v) is 6.06. The Balaban J connectivity index is 2.06. The molecule has 1 aromatic rings. The molecular formula is C14H20N2O4. The summed E-state index contributed by atoms with van der Waals surface area (Å²) >= 11 is 0. The van der Waals surface area contributed by atoms with Gasteiger partial charge in [-0.25, -0.2) is 4.79 Å². The Bertz CT molecular complexity index is 504. The largest absolute Gasteiger partial charge is 0.444 e. The van der Waals surface area contributed by atoms with E-state index in [0.717, 1.165) is 0 Å². The van der Waals surface area contributed by atoms with Crippen molar-refractivity contribution in [3.05, 3.63) is 29.6 Å². The van der Waals surface area contributed by atoms with Crippen LogP contribution in [0.1, 0.15) is 31.9 Å². The Labute approximate surface area is 118 Å². The smallest absolute Gasteiger partial charge is 0.410 e. The first-order valence-electron chi connectivity index (χ1n) is 6.50. The van der Waals surface area contributed by atoms with Gasteiger partial charge in [0.05, 0.1) is 19.7 Å². The predicted octanol–water partition coefficient (Wildman–Crippen LogP) is 1.01. The van der Waals surface area contributed by atoms with Crippen LogP contribution >= 0.6 is 0 Å². The molecule has 0 bridgehead atoms. The molecule has 2 heterocycles. The zero-order valence-corrected chi connectivity index (χ0v) is 12.0. The van der Waals surface area contributed by atoms with Gasteiger partial charge in [0.15, 0.2) is 0 Å². The normalized spacial score (nSPS) is 17.6. The van der Waals surface area contributed by atoms with E-state index < -0.39 is 17.3 Å². The van der Waals surface area contributed by atoms with Crippen LogP contribution in [0.15, 0.2) is 18.5 Å². The first kappa shape index (κ1) is 14.7. The van der Waals surface area contributed by atoms with E-state index in [2.05, 4.69) is 4.98 Å². The van der Waals surface area contributed by atoms with Gasteiger partial charge in [-0.3, -0.25) is 4.98 Å². The number of aromatic nitrogens is 1. The Hall–Kier alpha value is -1.66. The molecule has 0 atom stereocenters. The van der Waals surface area contributed by atoms with Gasteiger partial charge in [0.25, 0.3) is 0 Å². The SMILES string of the molecule is CC(C)(C)OC(=O)N1CC(O)(c2cnccc2CO)C1. The van der Waals surface area contributed by atoms with Crippen LogP contribution in [-0.4, -0.2) is 44.9 Å². The first-order chi connectivity index (χ1) is 9.25. The van der Waals surface area contributed by atoms with Crippen molar-refractivity contribution in [2.75, 3.05) is 13.1 Å². The molecule has 6 nitrogen and oxygen atoms in total. The summed E-state index contributed by atoms with van der Waals surface area (Å²) in [6.45, 7) is 5.49. The van der Waals surface area contributed by atoms with E-state index >= 15 is 0 Å². The third kappa shape index (κ3) is 2.91. The molecule has 1 aliphatic heterocycles. The van der Waals surface area contributed by atoms with Crippen LogP contribution in [0.2, 0.25) is 0 Å². The zero-order valence-electron chi connectivity index (χ0n) is 12.0. The molecule has 110 valence electrons. The van der Waals surface area contributed by atoms with Crippen LogP contribution in [0, 0.1) is 0 Å². The molecule has 0 unspecified atom stereocenters. The molecule has 1 amide bonds. The Morgan fingerprint density at radius 2 is 2.15 bits per heavy atom. The second-order valence-electron chi connectivity index (χ2n) is 6.06. The third-order valence-corrected chi connectivity index (χ3v) is 3.14. The highest BCUT2D eigenvalue weighted by Gasteiger charge is 2.47. The van der Waals surface area contributed by atoms with E-state index in [1.807, 2.05) is 0 Å². The number of hydrogen-bond acceptors (Lipinski definition) is 5. The van der Waals surface area contributed by atoms with Crippen LogP contribution in [-0.2, 0) is 16.9 Å². The van der Waals surface area contributed by atoms with Crippen LogP contribution in [0.3, 0.4) is 0 Å². The highest BCUT2D eigenvalue weighted by Crippen LogP contribution is 2.34. The van der Waals surface area contributed by atoms with Gasteiger partial charge < -0.3 is 19.8 Å². The molecule has 1 aliphatic rings. The first-order valence-corrected chi connectivity index (χ1v) is 6.50. The van der Waals surface area contributed by atoms with Crippen molar-refractivity contribution in [3.8, 4) is 0 Å². The van der Waals surface area contributed by atoms with Crippen molar-refractivity contribution in [2.24, 2.45) is 0 Å². The maximum absolute atomic E-state index is 11.8. The molecule has 2 N–H and O–H groups in total. The molecule has 0 aromatic carbocycles. The molecule has 1 fully saturated rings. The monoisotopic (exact) mass is 280 g/mol. The van der Waals surface area contributed by atoms with E-state index in [-0.39, 0.29) is 19.7 Å². The van der Waals surface area contributed by atoms with E-state index in [1.54, 1.807) is 33.0 Å². The lowest BCUT2D eigenvalue weighted by atomic mass is 9.85. The van der Waals surface area contributed by atoms with Crippen LogP contribution < -0.4 is 0 Å². The summed E-state index contributed by atoms with van der Waals surface area (Å²) in [5, 5.41) is 19.8. The highest BCUT2D eigenvalue weighted by molar-refractivity contribution is 5.70. The number of likely N-dealkylation sites (tertiary alicyclic amines) is 1. The quantitative estimate of drug-likeness (QED) is 0.845. The van der Waals surface area contributed by atoms with E-state index in [1.165, 1.54) is 11.1 Å². The number of aliphatic hydroxyl groups is 2. The number of nitrogens with zero attached hydrogens (tertiary/aromatic N) is 2. The van der Waals surface area contributed by atoms with E-state index in [9.17, 15) is 15.0 Å². The predicted molar refractivity (Wildman–Crippen MR) is 71.9 cm³/mol. The van der Waals surface area contributed by atoms with Gasteiger partial charge >= 0.3 is 6.09 Å². The van der Waals surface area contributed by atoms with Crippen LogP contribution in [0.25, 0.3) is 0 Å². The number of carbonyl (C=O) groups is 1. The van der Waals surface area contributed by atoms with Crippen molar-refractivity contribution in [1.29, 1.82) is 0 Å². The van der Waals surface area contributed by atoms with Crippen molar-refractivity contribution in [1.82, 2.24) is 9.88 Å². The highest BCUT2D eigenvalue weighted by atomic mass is 16.6. The number of hydrogen-bond donors (Lipinski definition) is 2. The Morgan fingerprint density at radius 3 is 2.70 bits per heavy atom. The minimum atomic E-state index is -1.16. The zero-order chi connectivity index (χ0) is 15.0. The number of rotatable bonds is 2. The van der Waals surface area contributed by atoms with Crippen molar-refractivity contribution < 1.29 is 19.7 Å². The van der Waals surface area contributed by atoms with E-state index in [4.69, 9.17) is 4.74 Å². The average molecular weight is 280 g/mol. The molecule has 1 aromatic heterocycles. The summed E-state index contributed by atoms with van der Waals surface area (Å²) in [5.74, 6) is 0. The van der Waals surface area contributed by atoms with Crippen LogP contribution in [0.4, 0.5) is 4.79 Å². The Kier molecular flexibility index (Phi) is 3.71. The summed E-state index contributed by atoms with van der Waals surface area (Å²) in [5.41, 5.74) is -0.549. The lowest BCUT2D eigenvalue weighted by Crippen LogP contribution is -2.62. The molecule has 2 rings (SSSR count). The summed E-state index contributed by atoms with van der Waals surface area (Å²) in [6, 6.07) is 1.66. The van der Waals surface area contributed by atoms with Gasteiger partial charge in [0, 0.05) is 18.0 Å².